The molecule has 1 aromatic carbocycles. The Bertz CT molecular complexity index is 287. The summed E-state index contributed by atoms with van der Waals surface area (Å²) in [5.41, 5.74) is 2.00. The van der Waals surface area contributed by atoms with Crippen molar-refractivity contribution in [3.8, 4) is 0 Å². The largest absolute Gasteiger partial charge is 0.508 e. The van der Waals surface area contributed by atoms with Crippen LogP contribution in [-0.4, -0.2) is 5.11 Å². The van der Waals surface area contributed by atoms with Crippen LogP contribution in [0.4, 0.5) is 0 Å². The minimum atomic E-state index is 0.152. The summed E-state index contributed by atoms with van der Waals surface area (Å²) < 4.78 is 0. The number of hydrogen-bond donors (Lipinski definition) is 1. The molecule has 1 nitrogen and oxygen atoms in total. The number of benzene rings is 1. The molecule has 0 heterocycles. The minimum Gasteiger partial charge on any atom is -0.508 e. The van der Waals surface area contributed by atoms with Crippen LogP contribution in [0.25, 0.3) is 5.76 Å². The van der Waals surface area contributed by atoms with Crippen LogP contribution in [0.3, 0.4) is 0 Å². The molecule has 0 aromatic heterocycles. The smallest absolute Gasteiger partial charge is 0.115 e. The normalized spacial score (nSPS) is 10.2. The molecule has 0 spiro atoms. The van der Waals surface area contributed by atoms with E-state index in [2.05, 4.69) is 20.4 Å². The van der Waals surface area contributed by atoms with Gasteiger partial charge < -0.3 is 5.11 Å². The van der Waals surface area contributed by atoms with Gasteiger partial charge in [0.1, 0.15) is 5.76 Å². The van der Waals surface area contributed by atoms with E-state index in [0.29, 0.717) is 5.92 Å². The average Bonchev–Trinajstić information content (AvgIpc) is 2.04. The zero-order chi connectivity index (χ0) is 9.14. The molecule has 0 atom stereocenters. The van der Waals surface area contributed by atoms with Gasteiger partial charge >= 0.3 is 0 Å². The molecule has 0 amide bonds. The highest BCUT2D eigenvalue weighted by Gasteiger charge is 2.06. The van der Waals surface area contributed by atoms with Gasteiger partial charge in [-0.05, 0) is 11.5 Å². The minimum absolute atomic E-state index is 0.152. The van der Waals surface area contributed by atoms with E-state index in [1.807, 2.05) is 24.3 Å². The maximum atomic E-state index is 9.26. The van der Waals surface area contributed by atoms with Gasteiger partial charge in [-0.1, -0.05) is 44.7 Å². The van der Waals surface area contributed by atoms with Crippen molar-refractivity contribution in [3.05, 3.63) is 42.0 Å². The molecule has 0 unspecified atom stereocenters. The Balaban J connectivity index is 3.17. The van der Waals surface area contributed by atoms with Gasteiger partial charge in [0.05, 0.1) is 0 Å². The second-order valence-electron chi connectivity index (χ2n) is 3.19. The Labute approximate surface area is 73.4 Å². The number of hydrogen-bond acceptors (Lipinski definition) is 1. The van der Waals surface area contributed by atoms with Crippen molar-refractivity contribution in [3.63, 3.8) is 0 Å². The fourth-order valence-corrected chi connectivity index (χ4v) is 1.26. The third kappa shape index (κ3) is 1.67. The Kier molecular flexibility index (Phi) is 2.54. The molecule has 0 saturated heterocycles. The predicted molar refractivity (Wildman–Crippen MR) is 52.2 cm³/mol. The maximum Gasteiger partial charge on any atom is 0.115 e. The lowest BCUT2D eigenvalue weighted by Gasteiger charge is -2.10. The predicted octanol–water partition coefficient (Wildman–Crippen LogP) is 3.34. The van der Waals surface area contributed by atoms with E-state index in [1.165, 1.54) is 0 Å². The highest BCUT2D eigenvalue weighted by Crippen LogP contribution is 2.22. The first-order valence-corrected chi connectivity index (χ1v) is 4.10. The van der Waals surface area contributed by atoms with E-state index in [0.717, 1.165) is 11.1 Å². The fourth-order valence-electron chi connectivity index (χ4n) is 1.26. The van der Waals surface area contributed by atoms with Crippen LogP contribution >= 0.6 is 0 Å². The zero-order valence-electron chi connectivity index (χ0n) is 7.54. The van der Waals surface area contributed by atoms with Crippen LogP contribution in [0.2, 0.25) is 0 Å². The maximum absolute atomic E-state index is 9.26. The van der Waals surface area contributed by atoms with Crippen LogP contribution in [0.15, 0.2) is 30.8 Å². The van der Waals surface area contributed by atoms with Crippen LogP contribution in [-0.2, 0) is 0 Å². The monoisotopic (exact) mass is 162 g/mol. The summed E-state index contributed by atoms with van der Waals surface area (Å²) in [5.74, 6) is 0.574. The highest BCUT2D eigenvalue weighted by atomic mass is 16.3. The number of rotatable bonds is 2. The lowest BCUT2D eigenvalue weighted by molar-refractivity contribution is 0.512. The second kappa shape index (κ2) is 3.44. The summed E-state index contributed by atoms with van der Waals surface area (Å²) in [6.45, 7) is 7.72. The summed E-state index contributed by atoms with van der Waals surface area (Å²) >= 11 is 0. The molecule has 1 rings (SSSR count). The van der Waals surface area contributed by atoms with Gasteiger partial charge in [-0.25, -0.2) is 0 Å². The summed E-state index contributed by atoms with van der Waals surface area (Å²) in [7, 11) is 0. The van der Waals surface area contributed by atoms with Gasteiger partial charge in [0.25, 0.3) is 0 Å². The van der Waals surface area contributed by atoms with E-state index in [4.69, 9.17) is 0 Å². The van der Waals surface area contributed by atoms with Gasteiger partial charge in [0, 0.05) is 5.56 Å². The topological polar surface area (TPSA) is 20.2 Å². The first-order chi connectivity index (χ1) is 5.63. The van der Waals surface area contributed by atoms with Crippen molar-refractivity contribution in [2.24, 2.45) is 0 Å². The van der Waals surface area contributed by atoms with E-state index >= 15 is 0 Å². The van der Waals surface area contributed by atoms with E-state index in [1.54, 1.807) is 0 Å². The van der Waals surface area contributed by atoms with Gasteiger partial charge in [0.15, 0.2) is 0 Å². The third-order valence-electron chi connectivity index (χ3n) is 1.89. The summed E-state index contributed by atoms with van der Waals surface area (Å²) in [6.07, 6.45) is 0. The summed E-state index contributed by atoms with van der Waals surface area (Å²) in [4.78, 5) is 0. The van der Waals surface area contributed by atoms with Crippen LogP contribution in [0.5, 0.6) is 0 Å². The SMILES string of the molecule is C=C(O)c1ccccc1C(C)C. The van der Waals surface area contributed by atoms with E-state index < -0.39 is 0 Å². The fraction of sp³-hybridized carbons (Fsp3) is 0.273. The average molecular weight is 162 g/mol. The Hall–Kier alpha value is -1.24. The van der Waals surface area contributed by atoms with Gasteiger partial charge in [-0.2, -0.15) is 0 Å². The molecule has 0 saturated carbocycles. The molecule has 0 aliphatic carbocycles. The van der Waals surface area contributed by atoms with Crippen molar-refractivity contribution < 1.29 is 5.11 Å². The highest BCUT2D eigenvalue weighted by molar-refractivity contribution is 5.60. The molecular formula is C11H14O. The molecule has 0 aliphatic rings. The summed E-state index contributed by atoms with van der Waals surface area (Å²) in [5, 5.41) is 9.26. The van der Waals surface area contributed by atoms with Crippen molar-refractivity contribution in [1.29, 1.82) is 0 Å². The van der Waals surface area contributed by atoms with Gasteiger partial charge in [0.2, 0.25) is 0 Å². The Morgan fingerprint density at radius 2 is 1.92 bits per heavy atom. The zero-order valence-corrected chi connectivity index (χ0v) is 7.54. The third-order valence-corrected chi connectivity index (χ3v) is 1.89. The van der Waals surface area contributed by atoms with Crippen molar-refractivity contribution in [2.45, 2.75) is 19.8 Å². The first-order valence-electron chi connectivity index (χ1n) is 4.10. The number of aliphatic hydroxyl groups is 1. The Morgan fingerprint density at radius 3 is 2.33 bits per heavy atom. The molecular weight excluding hydrogens is 148 g/mol. The summed E-state index contributed by atoms with van der Waals surface area (Å²) in [6, 6.07) is 7.78. The van der Waals surface area contributed by atoms with Crippen LogP contribution in [0.1, 0.15) is 30.9 Å². The van der Waals surface area contributed by atoms with Crippen molar-refractivity contribution in [1.82, 2.24) is 0 Å². The molecule has 0 radical (unpaired) electrons. The van der Waals surface area contributed by atoms with Gasteiger partial charge in [-0.15, -0.1) is 0 Å². The molecule has 12 heavy (non-hydrogen) atoms. The Morgan fingerprint density at radius 1 is 1.33 bits per heavy atom. The lowest BCUT2D eigenvalue weighted by Crippen LogP contribution is -1.93. The molecule has 0 aliphatic heterocycles. The molecule has 1 N–H and O–H groups in total. The van der Waals surface area contributed by atoms with E-state index in [9.17, 15) is 5.11 Å². The van der Waals surface area contributed by atoms with Crippen molar-refractivity contribution in [2.75, 3.05) is 0 Å². The molecule has 0 fully saturated rings. The van der Waals surface area contributed by atoms with Crippen molar-refractivity contribution >= 4 is 5.76 Å². The van der Waals surface area contributed by atoms with E-state index in [-0.39, 0.29) is 5.76 Å². The molecule has 64 valence electrons. The number of aliphatic hydroxyl groups excluding tert-OH is 1. The van der Waals surface area contributed by atoms with Gasteiger partial charge in [-0.3, -0.25) is 0 Å². The first kappa shape index (κ1) is 8.85. The molecule has 1 aromatic rings. The quantitative estimate of drug-likeness (QED) is 0.661. The molecule has 0 bridgehead atoms. The van der Waals surface area contributed by atoms with Crippen LogP contribution < -0.4 is 0 Å². The van der Waals surface area contributed by atoms with Crippen LogP contribution in [0, 0.1) is 0 Å². The lowest BCUT2D eigenvalue weighted by atomic mass is 9.97. The second-order valence-corrected chi connectivity index (χ2v) is 3.19. The molecule has 1 heteroatoms. The standard InChI is InChI=1S/C11H14O/c1-8(2)10-6-4-5-7-11(10)9(3)12/h4-8,12H,3H2,1-2H3.